The van der Waals surface area contributed by atoms with Gasteiger partial charge in [0.15, 0.2) is 20.5 Å². The van der Waals surface area contributed by atoms with Crippen molar-refractivity contribution in [2.45, 2.75) is 195 Å². The summed E-state index contributed by atoms with van der Waals surface area (Å²) in [5.74, 6) is -5.96. The fourth-order valence-electron chi connectivity index (χ4n) is 6.96. The second-order valence-corrected chi connectivity index (χ2v) is 26.4. The molecule has 18 heteroatoms. The van der Waals surface area contributed by atoms with Crippen LogP contribution in [0.25, 0.3) is 0 Å². The van der Waals surface area contributed by atoms with Gasteiger partial charge in [-0.3, -0.25) is 18.9 Å². The van der Waals surface area contributed by atoms with Crippen LogP contribution in [0.1, 0.15) is 147 Å². The molecule has 1 saturated heterocycles. The molecular formula is C45H86N3O13PSi. The van der Waals surface area contributed by atoms with Crippen molar-refractivity contribution in [2.24, 2.45) is 17.8 Å². The van der Waals surface area contributed by atoms with E-state index in [1.54, 1.807) is 20.8 Å². The van der Waals surface area contributed by atoms with E-state index in [0.717, 1.165) is 36.5 Å². The largest absolute Gasteiger partial charge is 0.460 e. The first-order chi connectivity index (χ1) is 29.2. The van der Waals surface area contributed by atoms with Gasteiger partial charge < -0.3 is 48.3 Å². The van der Waals surface area contributed by atoms with Gasteiger partial charge in [0.2, 0.25) is 23.5 Å². The van der Waals surface area contributed by atoms with Gasteiger partial charge in [-0.2, -0.15) is 0 Å². The Labute approximate surface area is 380 Å². The van der Waals surface area contributed by atoms with Gasteiger partial charge in [0.05, 0.1) is 44.9 Å². The molecule has 0 radical (unpaired) electrons. The Morgan fingerprint density at radius 3 is 1.87 bits per heavy atom. The van der Waals surface area contributed by atoms with Crippen LogP contribution in [0.3, 0.4) is 0 Å². The molecule has 1 rings (SSSR count). The molecule has 0 aromatic rings. The van der Waals surface area contributed by atoms with Gasteiger partial charge >= 0.3 is 19.5 Å². The highest BCUT2D eigenvalue weighted by Crippen LogP contribution is 2.48. The zero-order valence-electron chi connectivity index (χ0n) is 41.3. The number of aliphatic hydroxyl groups is 1. The van der Waals surface area contributed by atoms with Crippen LogP contribution in [0.5, 0.6) is 0 Å². The maximum Gasteiger partial charge on any atom is 0.340 e. The molecule has 0 bridgehead atoms. The summed E-state index contributed by atoms with van der Waals surface area (Å²) in [6.45, 7) is 23.9. The number of hydrogen-bond acceptors (Lipinski definition) is 13. The number of unbranched alkanes of at least 4 members (excludes halogenated alkanes) is 8. The average molecular weight is 936 g/mol. The summed E-state index contributed by atoms with van der Waals surface area (Å²) in [7, 11) is -4.69. The second kappa shape index (κ2) is 27.9. The third-order valence-corrected chi connectivity index (χ3v) is 18.3. The van der Waals surface area contributed by atoms with E-state index in [1.807, 2.05) is 6.92 Å². The fraction of sp³-hybridized carbons (Fsp3) is 0.889. The number of ether oxygens (including phenoxy) is 3. The Balaban J connectivity index is 3.29. The minimum absolute atomic E-state index is 0.0404. The first-order valence-electron chi connectivity index (χ1n) is 23.3. The van der Waals surface area contributed by atoms with E-state index < -0.39 is 94.3 Å². The molecule has 6 atom stereocenters. The SMILES string of the molecule is CCOP(=O)(CC(=O)N(C)CC(=O)N[C@H](C(=O)O[C@@H]([C@H](C)CCCCCCCCCCCC(C)C)[C@H](C)C(=O)N[C@@H](CO)CO[Si](C)(C)C(C)(C)C)[C@@H]1OC(C)(C)OC1=O)OCC. The lowest BCUT2D eigenvalue weighted by Crippen LogP contribution is -2.56. The Bertz CT molecular complexity index is 1460. The molecule has 63 heavy (non-hydrogen) atoms. The number of rotatable bonds is 32. The van der Waals surface area contributed by atoms with Gasteiger partial charge in [0.25, 0.3) is 0 Å². The van der Waals surface area contributed by atoms with Gasteiger partial charge in [-0.05, 0) is 50.2 Å². The van der Waals surface area contributed by atoms with Crippen LogP contribution < -0.4 is 10.6 Å². The highest BCUT2D eigenvalue weighted by Gasteiger charge is 2.50. The van der Waals surface area contributed by atoms with E-state index in [-0.39, 0.29) is 37.4 Å². The lowest BCUT2D eigenvalue weighted by molar-refractivity contribution is -0.170. The molecule has 368 valence electrons. The van der Waals surface area contributed by atoms with Crippen molar-refractivity contribution in [3.8, 4) is 0 Å². The molecular weight excluding hydrogens is 850 g/mol. The van der Waals surface area contributed by atoms with Crippen molar-refractivity contribution in [2.75, 3.05) is 46.2 Å². The first kappa shape index (κ1) is 58.6. The van der Waals surface area contributed by atoms with E-state index >= 15 is 0 Å². The molecule has 16 nitrogen and oxygen atoms in total. The number of carbonyl (C=O) groups is 5. The summed E-state index contributed by atoms with van der Waals surface area (Å²) in [5, 5.41) is 15.6. The molecule has 1 fully saturated rings. The van der Waals surface area contributed by atoms with Crippen molar-refractivity contribution in [3.63, 3.8) is 0 Å². The Morgan fingerprint density at radius 2 is 1.41 bits per heavy atom. The number of cyclic esters (lactones) is 1. The van der Waals surface area contributed by atoms with Gasteiger partial charge in [0.1, 0.15) is 12.3 Å². The first-order valence-corrected chi connectivity index (χ1v) is 27.9. The highest BCUT2D eigenvalue weighted by atomic mass is 31.2. The van der Waals surface area contributed by atoms with E-state index in [9.17, 15) is 33.6 Å². The smallest absolute Gasteiger partial charge is 0.340 e. The Kier molecular flexibility index (Phi) is 26.0. The predicted octanol–water partition coefficient (Wildman–Crippen LogP) is 7.50. The standard InChI is InChI=1S/C45H86N3O13PSi/c1-15-56-62(55,57-16-2)31-37(51)48(12)28-36(50)47-38(40-43(54)61-45(10,11)60-40)42(53)59-39(33(5)27-25-23-21-19-17-18-20-22-24-26-32(3)4)34(6)41(52)46-35(29-49)30-58-63(13,14)44(7,8)9/h32-35,38-40,49H,15-31H2,1-14H3,(H,46,52)(H,47,50)/t33-,34+,35+,38+,39+,40+/m1/s1. The summed E-state index contributed by atoms with van der Waals surface area (Å²) < 4.78 is 47.1. The van der Waals surface area contributed by atoms with Crippen LogP contribution in [0, 0.1) is 17.8 Å². The van der Waals surface area contributed by atoms with Crippen molar-refractivity contribution < 1.29 is 61.3 Å². The zero-order chi connectivity index (χ0) is 48.2. The summed E-state index contributed by atoms with van der Waals surface area (Å²) in [4.78, 5) is 69.0. The maximum atomic E-state index is 14.3. The fourth-order valence-corrected chi connectivity index (χ4v) is 9.63. The van der Waals surface area contributed by atoms with Crippen LogP contribution in [-0.2, 0) is 56.2 Å². The van der Waals surface area contributed by atoms with Crippen molar-refractivity contribution in [1.82, 2.24) is 15.5 Å². The molecule has 3 N–H and O–H groups in total. The molecule has 0 aromatic heterocycles. The van der Waals surface area contributed by atoms with Crippen LogP contribution in [0.15, 0.2) is 0 Å². The van der Waals surface area contributed by atoms with Gasteiger partial charge in [-0.15, -0.1) is 0 Å². The van der Waals surface area contributed by atoms with Crippen LogP contribution >= 0.6 is 7.60 Å². The minimum atomic E-state index is -3.78. The van der Waals surface area contributed by atoms with Crippen LogP contribution in [0.4, 0.5) is 0 Å². The topological polar surface area (TPSA) is 205 Å². The second-order valence-electron chi connectivity index (χ2n) is 19.5. The number of amides is 3. The van der Waals surface area contributed by atoms with E-state index in [2.05, 4.69) is 58.3 Å². The number of likely N-dealkylation sites (N-methyl/N-ethyl adjacent to an activating group) is 1. The van der Waals surface area contributed by atoms with Crippen molar-refractivity contribution in [1.29, 1.82) is 0 Å². The molecule has 0 aromatic carbocycles. The number of aliphatic hydroxyl groups excluding tert-OH is 1. The van der Waals surface area contributed by atoms with Crippen LogP contribution in [0.2, 0.25) is 18.1 Å². The third-order valence-electron chi connectivity index (χ3n) is 11.8. The average Bonchev–Trinajstić information content (AvgIpc) is 3.46. The number of esters is 2. The Morgan fingerprint density at radius 1 is 0.889 bits per heavy atom. The van der Waals surface area contributed by atoms with Crippen LogP contribution in [-0.4, -0.2) is 124 Å². The van der Waals surface area contributed by atoms with Crippen molar-refractivity contribution in [3.05, 3.63) is 0 Å². The molecule has 0 aliphatic carbocycles. The summed E-state index contributed by atoms with van der Waals surface area (Å²) in [6.07, 6.45) is 8.80. The normalized spacial score (nSPS) is 18.0. The molecule has 3 amide bonds. The molecule has 0 spiro atoms. The number of carbonyl (C=O) groups excluding carboxylic acids is 5. The van der Waals surface area contributed by atoms with E-state index in [0.29, 0.717) is 6.42 Å². The Hall–Kier alpha value is -2.40. The van der Waals surface area contributed by atoms with Gasteiger partial charge in [0, 0.05) is 20.9 Å². The zero-order valence-corrected chi connectivity index (χ0v) is 43.2. The maximum absolute atomic E-state index is 14.3. The van der Waals surface area contributed by atoms with Gasteiger partial charge in [-0.25, -0.2) is 9.59 Å². The number of hydrogen-bond donors (Lipinski definition) is 3. The monoisotopic (exact) mass is 936 g/mol. The third kappa shape index (κ3) is 21.6. The molecule has 0 unspecified atom stereocenters. The molecule has 1 aliphatic heterocycles. The molecule has 0 saturated carbocycles. The summed E-state index contributed by atoms with van der Waals surface area (Å²) >= 11 is 0. The molecule has 1 aliphatic rings. The van der Waals surface area contributed by atoms with Crippen molar-refractivity contribution >= 4 is 45.6 Å². The summed E-state index contributed by atoms with van der Waals surface area (Å²) in [6, 6.07) is -2.45. The quantitative estimate of drug-likeness (QED) is 0.0259. The lowest BCUT2D eigenvalue weighted by Gasteiger charge is -2.37. The number of nitrogens with one attached hydrogen (secondary N) is 2. The lowest BCUT2D eigenvalue weighted by atomic mass is 9.88. The minimum Gasteiger partial charge on any atom is -0.460 e. The van der Waals surface area contributed by atoms with E-state index in [4.69, 9.17) is 27.7 Å². The van der Waals surface area contributed by atoms with Gasteiger partial charge in [-0.1, -0.05) is 113 Å². The summed E-state index contributed by atoms with van der Waals surface area (Å²) in [5.41, 5.74) is 0. The predicted molar refractivity (Wildman–Crippen MR) is 246 cm³/mol. The number of nitrogens with zero attached hydrogens (tertiary/aromatic N) is 1. The molecule has 1 heterocycles. The van der Waals surface area contributed by atoms with E-state index in [1.165, 1.54) is 59.4 Å². The highest BCUT2D eigenvalue weighted by molar-refractivity contribution is 7.54.